The summed E-state index contributed by atoms with van der Waals surface area (Å²) in [4.78, 5) is 2.22. The zero-order valence-corrected chi connectivity index (χ0v) is 9.04. The second kappa shape index (κ2) is 4.19. The first-order chi connectivity index (χ1) is 7.16. The minimum absolute atomic E-state index is 0.193. The molecular weight excluding hydrogens is 191 g/mol. The Labute approximate surface area is 89.9 Å². The molecule has 1 fully saturated rings. The molecule has 2 N–H and O–H groups in total. The van der Waals surface area contributed by atoms with Crippen molar-refractivity contribution in [1.29, 1.82) is 0 Å². The van der Waals surface area contributed by atoms with Gasteiger partial charge in [-0.1, -0.05) is 12.5 Å². The van der Waals surface area contributed by atoms with Crippen LogP contribution in [0.5, 0.6) is 0 Å². The van der Waals surface area contributed by atoms with Crippen molar-refractivity contribution < 1.29 is 4.39 Å². The summed E-state index contributed by atoms with van der Waals surface area (Å²) in [5.41, 5.74) is 6.73. The number of hydrogen-bond acceptors (Lipinski definition) is 2. The van der Waals surface area contributed by atoms with Crippen LogP contribution in [-0.2, 0) is 6.54 Å². The number of nitrogens with zero attached hydrogens (tertiary/aromatic N) is 1. The quantitative estimate of drug-likeness (QED) is 0.773. The van der Waals surface area contributed by atoms with Gasteiger partial charge in [0, 0.05) is 23.8 Å². The van der Waals surface area contributed by atoms with Crippen LogP contribution in [0.3, 0.4) is 0 Å². The molecule has 0 unspecified atom stereocenters. The second-order valence-corrected chi connectivity index (χ2v) is 4.35. The molecule has 2 nitrogen and oxygen atoms in total. The van der Waals surface area contributed by atoms with E-state index in [-0.39, 0.29) is 5.82 Å². The molecule has 1 saturated carbocycles. The van der Waals surface area contributed by atoms with Gasteiger partial charge in [0.05, 0.1) is 0 Å². The summed E-state index contributed by atoms with van der Waals surface area (Å²) < 4.78 is 13.5. The molecule has 0 bridgehead atoms. The fourth-order valence-corrected chi connectivity index (χ4v) is 1.92. The lowest BCUT2D eigenvalue weighted by Crippen LogP contribution is -2.36. The molecule has 15 heavy (non-hydrogen) atoms. The first-order valence-electron chi connectivity index (χ1n) is 5.41. The lowest BCUT2D eigenvalue weighted by Gasteiger charge is -2.34. The monoisotopic (exact) mass is 208 g/mol. The minimum Gasteiger partial charge on any atom is -0.399 e. The van der Waals surface area contributed by atoms with Crippen molar-refractivity contribution in [2.45, 2.75) is 31.8 Å². The van der Waals surface area contributed by atoms with Gasteiger partial charge >= 0.3 is 0 Å². The van der Waals surface area contributed by atoms with Gasteiger partial charge in [-0.2, -0.15) is 0 Å². The Kier molecular flexibility index (Phi) is 2.91. The Morgan fingerprint density at radius 1 is 1.47 bits per heavy atom. The molecule has 2 rings (SSSR count). The molecule has 0 radical (unpaired) electrons. The van der Waals surface area contributed by atoms with E-state index in [0.717, 1.165) is 5.56 Å². The van der Waals surface area contributed by atoms with Gasteiger partial charge in [0.1, 0.15) is 5.82 Å². The van der Waals surface area contributed by atoms with Gasteiger partial charge in [-0.25, -0.2) is 4.39 Å². The lowest BCUT2D eigenvalue weighted by molar-refractivity contribution is 0.151. The molecule has 1 aliphatic carbocycles. The van der Waals surface area contributed by atoms with E-state index in [9.17, 15) is 4.39 Å². The average Bonchev–Trinajstić information content (AvgIpc) is 2.07. The maximum Gasteiger partial charge on any atom is 0.129 e. The number of nitrogens with two attached hydrogens (primary N) is 1. The van der Waals surface area contributed by atoms with Crippen LogP contribution in [0.25, 0.3) is 0 Å². The third-order valence-electron chi connectivity index (χ3n) is 3.19. The number of hydrogen-bond donors (Lipinski definition) is 1. The van der Waals surface area contributed by atoms with Gasteiger partial charge in [0.15, 0.2) is 0 Å². The van der Waals surface area contributed by atoms with Crippen LogP contribution in [0.2, 0.25) is 0 Å². The van der Waals surface area contributed by atoms with Crippen molar-refractivity contribution in [2.75, 3.05) is 12.8 Å². The zero-order valence-electron chi connectivity index (χ0n) is 9.04. The number of benzene rings is 1. The summed E-state index contributed by atoms with van der Waals surface area (Å²) in [6.45, 7) is 0.677. The Balaban J connectivity index is 2.03. The Morgan fingerprint density at radius 3 is 2.73 bits per heavy atom. The zero-order chi connectivity index (χ0) is 10.8. The maximum absolute atomic E-state index is 13.5. The van der Waals surface area contributed by atoms with Gasteiger partial charge in [-0.15, -0.1) is 0 Å². The SMILES string of the molecule is CN(Cc1ccc(N)cc1F)C1CCC1. The summed E-state index contributed by atoms with van der Waals surface area (Å²) in [5, 5.41) is 0. The standard InChI is InChI=1S/C12H17FN2/c1-15(11-3-2-4-11)8-9-5-6-10(14)7-12(9)13/h5-7,11H,2-4,8,14H2,1H3. The Hall–Kier alpha value is -1.09. The third kappa shape index (κ3) is 2.29. The van der Waals surface area contributed by atoms with Crippen molar-refractivity contribution >= 4 is 5.69 Å². The molecule has 0 spiro atoms. The van der Waals surface area contributed by atoms with E-state index in [1.54, 1.807) is 12.1 Å². The van der Waals surface area contributed by atoms with Crippen molar-refractivity contribution in [3.8, 4) is 0 Å². The van der Waals surface area contributed by atoms with E-state index in [2.05, 4.69) is 11.9 Å². The molecule has 1 aromatic rings. The summed E-state index contributed by atoms with van der Waals surface area (Å²) in [7, 11) is 2.06. The smallest absolute Gasteiger partial charge is 0.129 e. The van der Waals surface area contributed by atoms with Crippen LogP contribution >= 0.6 is 0 Å². The largest absolute Gasteiger partial charge is 0.399 e. The highest BCUT2D eigenvalue weighted by Crippen LogP contribution is 2.25. The molecule has 0 atom stereocenters. The Morgan fingerprint density at radius 2 is 2.20 bits per heavy atom. The molecule has 0 heterocycles. The topological polar surface area (TPSA) is 29.3 Å². The van der Waals surface area contributed by atoms with Crippen molar-refractivity contribution in [3.05, 3.63) is 29.6 Å². The van der Waals surface area contributed by atoms with Gasteiger partial charge in [0.25, 0.3) is 0 Å². The number of nitrogen functional groups attached to an aromatic ring is 1. The first-order valence-corrected chi connectivity index (χ1v) is 5.41. The highest BCUT2D eigenvalue weighted by molar-refractivity contribution is 5.40. The predicted molar refractivity (Wildman–Crippen MR) is 59.9 cm³/mol. The van der Waals surface area contributed by atoms with E-state index in [1.165, 1.54) is 25.3 Å². The van der Waals surface area contributed by atoms with Crippen LogP contribution < -0.4 is 5.73 Å². The van der Waals surface area contributed by atoms with Gasteiger partial charge in [0.2, 0.25) is 0 Å². The maximum atomic E-state index is 13.5. The van der Waals surface area contributed by atoms with Crippen LogP contribution in [0.1, 0.15) is 24.8 Å². The molecule has 82 valence electrons. The average molecular weight is 208 g/mol. The molecule has 1 aliphatic rings. The molecule has 0 aromatic heterocycles. The lowest BCUT2D eigenvalue weighted by atomic mass is 9.91. The number of rotatable bonds is 3. The van der Waals surface area contributed by atoms with Gasteiger partial charge in [-0.3, -0.25) is 4.90 Å². The van der Waals surface area contributed by atoms with E-state index < -0.39 is 0 Å². The van der Waals surface area contributed by atoms with Gasteiger partial charge in [-0.05, 0) is 32.0 Å². The summed E-state index contributed by atoms with van der Waals surface area (Å²) in [6.07, 6.45) is 3.79. The molecule has 1 aromatic carbocycles. The molecule has 0 amide bonds. The first kappa shape index (κ1) is 10.4. The number of halogens is 1. The van der Waals surface area contributed by atoms with E-state index in [1.807, 2.05) is 0 Å². The van der Waals surface area contributed by atoms with Crippen molar-refractivity contribution in [1.82, 2.24) is 4.90 Å². The highest BCUT2D eigenvalue weighted by Gasteiger charge is 2.22. The van der Waals surface area contributed by atoms with E-state index in [4.69, 9.17) is 5.73 Å². The van der Waals surface area contributed by atoms with E-state index in [0.29, 0.717) is 18.3 Å². The van der Waals surface area contributed by atoms with Crippen LogP contribution in [0.4, 0.5) is 10.1 Å². The fraction of sp³-hybridized carbons (Fsp3) is 0.500. The normalized spacial score (nSPS) is 16.7. The van der Waals surface area contributed by atoms with Crippen LogP contribution in [-0.4, -0.2) is 18.0 Å². The fourth-order valence-electron chi connectivity index (χ4n) is 1.92. The molecule has 0 aliphatic heterocycles. The van der Waals surface area contributed by atoms with E-state index >= 15 is 0 Å². The molecular formula is C12H17FN2. The molecule has 0 saturated heterocycles. The Bertz CT molecular complexity index is 347. The van der Waals surface area contributed by atoms with Gasteiger partial charge < -0.3 is 5.73 Å². The summed E-state index contributed by atoms with van der Waals surface area (Å²) >= 11 is 0. The highest BCUT2D eigenvalue weighted by atomic mass is 19.1. The van der Waals surface area contributed by atoms with Crippen molar-refractivity contribution in [2.24, 2.45) is 0 Å². The van der Waals surface area contributed by atoms with Crippen molar-refractivity contribution in [3.63, 3.8) is 0 Å². The predicted octanol–water partition coefficient (Wildman–Crippen LogP) is 2.39. The summed E-state index contributed by atoms with van der Waals surface area (Å²) in [5.74, 6) is -0.193. The number of anilines is 1. The summed E-state index contributed by atoms with van der Waals surface area (Å²) in [6, 6.07) is 5.57. The van der Waals surface area contributed by atoms with Crippen LogP contribution in [0, 0.1) is 5.82 Å². The molecule has 3 heteroatoms. The third-order valence-corrected chi connectivity index (χ3v) is 3.19. The minimum atomic E-state index is -0.193. The second-order valence-electron chi connectivity index (χ2n) is 4.35. The van der Waals surface area contributed by atoms with Crippen LogP contribution in [0.15, 0.2) is 18.2 Å².